The maximum absolute atomic E-state index is 12.5. The molecule has 0 saturated carbocycles. The third-order valence-corrected chi connectivity index (χ3v) is 4.11. The summed E-state index contributed by atoms with van der Waals surface area (Å²) in [5.74, 6) is 1.64. The van der Waals surface area contributed by atoms with E-state index in [2.05, 4.69) is 15.0 Å². The molecule has 3 heterocycles. The molecule has 1 aromatic rings. The lowest BCUT2D eigenvalue weighted by atomic mass is 9.96. The van der Waals surface area contributed by atoms with E-state index in [1.807, 2.05) is 11.8 Å². The summed E-state index contributed by atoms with van der Waals surface area (Å²) in [5.41, 5.74) is 0. The van der Waals surface area contributed by atoms with Crippen LogP contribution in [0.15, 0.2) is 4.52 Å². The molecule has 1 amide bonds. The van der Waals surface area contributed by atoms with Crippen molar-refractivity contribution >= 4 is 5.91 Å². The van der Waals surface area contributed by atoms with Crippen LogP contribution in [0.1, 0.15) is 24.6 Å². The van der Waals surface area contributed by atoms with Crippen LogP contribution in [0.2, 0.25) is 0 Å². The van der Waals surface area contributed by atoms with Crippen LogP contribution < -0.4 is 0 Å². The topological polar surface area (TPSA) is 71.7 Å². The maximum Gasteiger partial charge on any atom is 0.240 e. The summed E-state index contributed by atoms with van der Waals surface area (Å²) in [6.45, 7) is 6.96. The van der Waals surface area contributed by atoms with Crippen LogP contribution in [0.3, 0.4) is 0 Å². The SMILES string of the molecule is Cc1noc(CN2CCC[C@@H](C(=O)N3CCOCC3)C2)n1. The van der Waals surface area contributed by atoms with Crippen LogP contribution >= 0.6 is 0 Å². The molecule has 1 aromatic heterocycles. The fourth-order valence-electron chi connectivity index (χ4n) is 3.04. The molecule has 0 aliphatic carbocycles. The van der Waals surface area contributed by atoms with Gasteiger partial charge in [-0.25, -0.2) is 0 Å². The third-order valence-electron chi connectivity index (χ3n) is 4.11. The lowest BCUT2D eigenvalue weighted by molar-refractivity contribution is -0.141. The molecule has 116 valence electrons. The van der Waals surface area contributed by atoms with Gasteiger partial charge >= 0.3 is 0 Å². The zero-order valence-electron chi connectivity index (χ0n) is 12.5. The molecule has 0 N–H and O–H groups in total. The van der Waals surface area contributed by atoms with Crippen LogP contribution in [-0.2, 0) is 16.1 Å². The van der Waals surface area contributed by atoms with Gasteiger partial charge < -0.3 is 14.2 Å². The number of hydrogen-bond acceptors (Lipinski definition) is 6. The number of carbonyl (C=O) groups is 1. The van der Waals surface area contributed by atoms with E-state index in [1.165, 1.54) is 0 Å². The van der Waals surface area contributed by atoms with E-state index >= 15 is 0 Å². The Morgan fingerprint density at radius 2 is 2.14 bits per heavy atom. The lowest BCUT2D eigenvalue weighted by Gasteiger charge is -2.35. The molecule has 0 radical (unpaired) electrons. The highest BCUT2D eigenvalue weighted by atomic mass is 16.5. The molecule has 2 aliphatic rings. The predicted octanol–water partition coefficient (Wildman–Crippen LogP) is 0.449. The third kappa shape index (κ3) is 3.59. The highest BCUT2D eigenvalue weighted by molar-refractivity contribution is 5.79. The van der Waals surface area contributed by atoms with Crippen molar-refractivity contribution in [2.24, 2.45) is 5.92 Å². The van der Waals surface area contributed by atoms with E-state index in [0.717, 1.165) is 39.0 Å². The van der Waals surface area contributed by atoms with E-state index in [9.17, 15) is 4.79 Å². The summed E-state index contributed by atoms with van der Waals surface area (Å²) in [6.07, 6.45) is 2.00. The second kappa shape index (κ2) is 6.53. The Balaban J connectivity index is 1.56. The first-order valence-corrected chi connectivity index (χ1v) is 7.60. The number of aromatic nitrogens is 2. The molecule has 0 unspecified atom stereocenters. The monoisotopic (exact) mass is 294 g/mol. The minimum Gasteiger partial charge on any atom is -0.378 e. The minimum atomic E-state index is 0.0841. The van der Waals surface area contributed by atoms with Gasteiger partial charge in [-0.05, 0) is 26.3 Å². The Morgan fingerprint density at radius 1 is 1.33 bits per heavy atom. The van der Waals surface area contributed by atoms with Gasteiger partial charge in [0.05, 0.1) is 25.7 Å². The quantitative estimate of drug-likeness (QED) is 0.806. The van der Waals surface area contributed by atoms with Gasteiger partial charge in [0.2, 0.25) is 11.8 Å². The van der Waals surface area contributed by atoms with E-state index < -0.39 is 0 Å². The van der Waals surface area contributed by atoms with Crippen molar-refractivity contribution in [3.8, 4) is 0 Å². The molecule has 21 heavy (non-hydrogen) atoms. The molecule has 2 aliphatic heterocycles. The molecule has 1 atom stereocenters. The summed E-state index contributed by atoms with van der Waals surface area (Å²) in [6, 6.07) is 0. The maximum atomic E-state index is 12.5. The molecular formula is C14H22N4O3. The number of piperidine rings is 1. The molecule has 3 rings (SSSR count). The molecule has 0 spiro atoms. The molecule has 2 saturated heterocycles. The summed E-state index contributed by atoms with van der Waals surface area (Å²) in [4.78, 5) is 21.0. The first kappa shape index (κ1) is 14.5. The fraction of sp³-hybridized carbons (Fsp3) is 0.786. The Labute approximate surface area is 124 Å². The average Bonchev–Trinajstić information content (AvgIpc) is 2.93. The van der Waals surface area contributed by atoms with Crippen molar-refractivity contribution in [1.82, 2.24) is 19.9 Å². The fourth-order valence-corrected chi connectivity index (χ4v) is 3.04. The van der Waals surface area contributed by atoms with E-state index in [4.69, 9.17) is 9.26 Å². The van der Waals surface area contributed by atoms with Gasteiger partial charge in [-0.3, -0.25) is 9.69 Å². The van der Waals surface area contributed by atoms with Crippen molar-refractivity contribution in [2.75, 3.05) is 39.4 Å². The molecule has 7 nitrogen and oxygen atoms in total. The van der Waals surface area contributed by atoms with Gasteiger partial charge in [0.15, 0.2) is 5.82 Å². The van der Waals surface area contributed by atoms with Gasteiger partial charge in [-0.1, -0.05) is 5.16 Å². The molecule has 0 aromatic carbocycles. The Morgan fingerprint density at radius 3 is 2.86 bits per heavy atom. The van der Waals surface area contributed by atoms with Gasteiger partial charge in [0, 0.05) is 19.6 Å². The van der Waals surface area contributed by atoms with Crippen molar-refractivity contribution in [1.29, 1.82) is 0 Å². The van der Waals surface area contributed by atoms with Crippen LogP contribution in [0.4, 0.5) is 0 Å². The van der Waals surface area contributed by atoms with Gasteiger partial charge in [0.25, 0.3) is 0 Å². The van der Waals surface area contributed by atoms with Gasteiger partial charge in [0.1, 0.15) is 0 Å². The zero-order chi connectivity index (χ0) is 14.7. The lowest BCUT2D eigenvalue weighted by Crippen LogP contribution is -2.48. The Bertz CT molecular complexity index is 484. The summed E-state index contributed by atoms with van der Waals surface area (Å²) >= 11 is 0. The second-order valence-corrected chi connectivity index (χ2v) is 5.75. The van der Waals surface area contributed by atoms with Crippen LogP contribution in [0.5, 0.6) is 0 Å². The molecule has 2 fully saturated rings. The number of likely N-dealkylation sites (tertiary alicyclic amines) is 1. The van der Waals surface area contributed by atoms with Gasteiger partial charge in [-0.15, -0.1) is 0 Å². The number of aryl methyl sites for hydroxylation is 1. The second-order valence-electron chi connectivity index (χ2n) is 5.75. The largest absolute Gasteiger partial charge is 0.378 e. The number of hydrogen-bond donors (Lipinski definition) is 0. The highest BCUT2D eigenvalue weighted by Crippen LogP contribution is 2.20. The van der Waals surface area contributed by atoms with Crippen molar-refractivity contribution in [3.05, 3.63) is 11.7 Å². The number of rotatable bonds is 3. The van der Waals surface area contributed by atoms with Crippen LogP contribution in [-0.4, -0.2) is 65.2 Å². The average molecular weight is 294 g/mol. The standard InChI is InChI=1S/C14H22N4O3/c1-11-15-13(21-16-11)10-17-4-2-3-12(9-17)14(19)18-5-7-20-8-6-18/h12H,2-10H2,1H3/t12-/m1/s1. The zero-order valence-corrected chi connectivity index (χ0v) is 12.5. The summed E-state index contributed by atoms with van der Waals surface area (Å²) < 4.78 is 10.5. The van der Waals surface area contributed by atoms with E-state index in [-0.39, 0.29) is 11.8 Å². The van der Waals surface area contributed by atoms with E-state index in [0.29, 0.717) is 31.5 Å². The Hall–Kier alpha value is -1.47. The first-order valence-electron chi connectivity index (χ1n) is 7.60. The number of carbonyl (C=O) groups excluding carboxylic acids is 1. The normalized spacial score (nSPS) is 24.2. The van der Waals surface area contributed by atoms with Gasteiger partial charge in [-0.2, -0.15) is 4.98 Å². The Kier molecular flexibility index (Phi) is 4.50. The summed E-state index contributed by atoms with van der Waals surface area (Å²) in [7, 11) is 0. The molecular weight excluding hydrogens is 272 g/mol. The number of morpholine rings is 1. The van der Waals surface area contributed by atoms with Crippen molar-refractivity contribution in [2.45, 2.75) is 26.3 Å². The molecule has 0 bridgehead atoms. The minimum absolute atomic E-state index is 0.0841. The highest BCUT2D eigenvalue weighted by Gasteiger charge is 2.30. The number of ether oxygens (including phenoxy) is 1. The number of amides is 1. The number of nitrogens with zero attached hydrogens (tertiary/aromatic N) is 4. The van der Waals surface area contributed by atoms with Crippen molar-refractivity contribution < 1.29 is 14.1 Å². The summed E-state index contributed by atoms with van der Waals surface area (Å²) in [5, 5.41) is 3.81. The van der Waals surface area contributed by atoms with Crippen molar-refractivity contribution in [3.63, 3.8) is 0 Å². The predicted molar refractivity (Wildman–Crippen MR) is 74.4 cm³/mol. The first-order chi connectivity index (χ1) is 10.2. The smallest absolute Gasteiger partial charge is 0.240 e. The molecule has 7 heteroatoms. The van der Waals surface area contributed by atoms with Crippen LogP contribution in [0, 0.1) is 12.8 Å². The van der Waals surface area contributed by atoms with E-state index in [1.54, 1.807) is 0 Å². The van der Waals surface area contributed by atoms with Crippen LogP contribution in [0.25, 0.3) is 0 Å².